The monoisotopic (exact) mass is 256 g/mol. The minimum absolute atomic E-state index is 0.367. The Bertz CT molecular complexity index is 700. The third-order valence-corrected chi connectivity index (χ3v) is 2.71. The highest BCUT2D eigenvalue weighted by Gasteiger charge is 2.13. The Morgan fingerprint density at radius 2 is 2.05 bits per heavy atom. The summed E-state index contributed by atoms with van der Waals surface area (Å²) in [5.74, 6) is 2.99. The molecule has 5 nitrogen and oxygen atoms in total. The van der Waals surface area contributed by atoms with Gasteiger partial charge in [0.05, 0.1) is 7.11 Å². The Balaban J connectivity index is 1.96. The second-order valence-corrected chi connectivity index (χ2v) is 4.07. The maximum Gasteiger partial charge on any atom is 0.293 e. The Morgan fingerprint density at radius 1 is 1.16 bits per heavy atom. The summed E-state index contributed by atoms with van der Waals surface area (Å²) in [7, 11) is 1.62. The molecule has 0 atom stereocenters. The summed E-state index contributed by atoms with van der Waals surface area (Å²) in [5.41, 5.74) is 0.831. The van der Waals surface area contributed by atoms with Crippen LogP contribution in [0.4, 0.5) is 0 Å². The van der Waals surface area contributed by atoms with E-state index in [4.69, 9.17) is 13.7 Å². The van der Waals surface area contributed by atoms with Gasteiger partial charge < -0.3 is 13.7 Å². The molecule has 0 aliphatic heterocycles. The van der Waals surface area contributed by atoms with Crippen LogP contribution in [0.15, 0.2) is 45.3 Å². The van der Waals surface area contributed by atoms with E-state index >= 15 is 0 Å². The molecule has 0 unspecified atom stereocenters. The molecule has 5 heteroatoms. The zero-order valence-corrected chi connectivity index (χ0v) is 10.6. The van der Waals surface area contributed by atoms with Crippen molar-refractivity contribution in [2.24, 2.45) is 0 Å². The van der Waals surface area contributed by atoms with Gasteiger partial charge in [0.2, 0.25) is 5.82 Å². The summed E-state index contributed by atoms with van der Waals surface area (Å²) in [5, 5.41) is 3.95. The van der Waals surface area contributed by atoms with Crippen LogP contribution in [0.25, 0.3) is 23.0 Å². The van der Waals surface area contributed by atoms with Crippen molar-refractivity contribution in [2.45, 2.75) is 6.92 Å². The predicted octanol–water partition coefficient (Wildman–Crippen LogP) is 3.31. The van der Waals surface area contributed by atoms with E-state index in [1.807, 2.05) is 37.3 Å². The number of aromatic nitrogens is 2. The molecule has 0 saturated heterocycles. The fourth-order valence-corrected chi connectivity index (χ4v) is 1.75. The van der Waals surface area contributed by atoms with Crippen molar-refractivity contribution in [3.63, 3.8) is 0 Å². The molecule has 0 spiro atoms. The maximum absolute atomic E-state index is 5.44. The molecule has 0 radical (unpaired) electrons. The molecular formula is C14H12N2O3. The lowest BCUT2D eigenvalue weighted by molar-refractivity contribution is 0.412. The van der Waals surface area contributed by atoms with Crippen LogP contribution in [0, 0.1) is 6.92 Å². The molecule has 0 aliphatic carbocycles. The smallest absolute Gasteiger partial charge is 0.293 e. The van der Waals surface area contributed by atoms with E-state index in [2.05, 4.69) is 10.1 Å². The second-order valence-electron chi connectivity index (χ2n) is 4.07. The molecule has 0 N–H and O–H groups in total. The van der Waals surface area contributed by atoms with Crippen LogP contribution < -0.4 is 4.74 Å². The minimum Gasteiger partial charge on any atom is -0.497 e. The zero-order chi connectivity index (χ0) is 13.2. The molecule has 2 aromatic heterocycles. The average molecular weight is 256 g/mol. The molecule has 3 aromatic rings. The van der Waals surface area contributed by atoms with Crippen molar-refractivity contribution in [3.05, 3.63) is 42.2 Å². The Hall–Kier alpha value is -2.56. The average Bonchev–Trinajstić information content (AvgIpc) is 3.07. The molecular weight excluding hydrogens is 244 g/mol. The molecule has 0 fully saturated rings. The van der Waals surface area contributed by atoms with Gasteiger partial charge in [-0.15, -0.1) is 0 Å². The molecule has 1 aromatic carbocycles. The van der Waals surface area contributed by atoms with E-state index in [1.165, 1.54) is 0 Å². The van der Waals surface area contributed by atoms with Crippen molar-refractivity contribution in [1.82, 2.24) is 10.1 Å². The Morgan fingerprint density at radius 3 is 2.79 bits per heavy atom. The standard InChI is InChI=1S/C14H12N2O3/c1-9-6-7-12(18-9)14-15-13(16-19-14)10-4-3-5-11(8-10)17-2/h3-8H,1-2H3. The van der Waals surface area contributed by atoms with Gasteiger partial charge in [0.15, 0.2) is 5.76 Å². The first-order valence-corrected chi connectivity index (χ1v) is 5.81. The quantitative estimate of drug-likeness (QED) is 0.719. The van der Waals surface area contributed by atoms with Gasteiger partial charge in [-0.05, 0) is 31.2 Å². The number of hydrogen-bond donors (Lipinski definition) is 0. The van der Waals surface area contributed by atoms with E-state index in [-0.39, 0.29) is 0 Å². The third-order valence-electron chi connectivity index (χ3n) is 2.71. The number of methoxy groups -OCH3 is 1. The normalized spacial score (nSPS) is 10.6. The van der Waals surface area contributed by atoms with Gasteiger partial charge in [0.1, 0.15) is 11.5 Å². The van der Waals surface area contributed by atoms with E-state index in [0.29, 0.717) is 17.5 Å². The lowest BCUT2D eigenvalue weighted by Gasteiger charge is -1.99. The number of furan rings is 1. The van der Waals surface area contributed by atoms with Crippen molar-refractivity contribution >= 4 is 0 Å². The van der Waals surface area contributed by atoms with Crippen molar-refractivity contribution in [3.8, 4) is 28.8 Å². The van der Waals surface area contributed by atoms with Crippen LogP contribution in [0.2, 0.25) is 0 Å². The molecule has 3 rings (SSSR count). The Labute approximate surface area is 109 Å². The fraction of sp³-hybridized carbons (Fsp3) is 0.143. The first-order valence-electron chi connectivity index (χ1n) is 5.81. The summed E-state index contributed by atoms with van der Waals surface area (Å²) in [6.07, 6.45) is 0. The SMILES string of the molecule is COc1cccc(-c2noc(-c3ccc(C)o3)n2)c1. The van der Waals surface area contributed by atoms with Gasteiger partial charge in [0.25, 0.3) is 5.89 Å². The zero-order valence-electron chi connectivity index (χ0n) is 10.6. The molecule has 0 saturated carbocycles. The number of aryl methyl sites for hydroxylation is 1. The highest BCUT2D eigenvalue weighted by atomic mass is 16.5. The highest BCUT2D eigenvalue weighted by molar-refractivity contribution is 5.59. The lowest BCUT2D eigenvalue weighted by atomic mass is 10.2. The molecule has 0 aliphatic rings. The molecule has 96 valence electrons. The molecule has 19 heavy (non-hydrogen) atoms. The number of benzene rings is 1. The largest absolute Gasteiger partial charge is 0.497 e. The number of rotatable bonds is 3. The van der Waals surface area contributed by atoms with E-state index in [9.17, 15) is 0 Å². The van der Waals surface area contributed by atoms with E-state index < -0.39 is 0 Å². The van der Waals surface area contributed by atoms with Gasteiger partial charge in [0, 0.05) is 5.56 Å². The fourth-order valence-electron chi connectivity index (χ4n) is 1.75. The van der Waals surface area contributed by atoms with Gasteiger partial charge >= 0.3 is 0 Å². The van der Waals surface area contributed by atoms with Crippen LogP contribution in [0.3, 0.4) is 0 Å². The summed E-state index contributed by atoms with van der Waals surface area (Å²) >= 11 is 0. The van der Waals surface area contributed by atoms with Crippen molar-refractivity contribution in [1.29, 1.82) is 0 Å². The number of nitrogens with zero attached hydrogens (tertiary/aromatic N) is 2. The van der Waals surface area contributed by atoms with Gasteiger partial charge in [-0.1, -0.05) is 17.3 Å². The van der Waals surface area contributed by atoms with Gasteiger partial charge in [-0.25, -0.2) is 0 Å². The topological polar surface area (TPSA) is 61.3 Å². The first kappa shape index (κ1) is 11.5. The van der Waals surface area contributed by atoms with E-state index in [1.54, 1.807) is 13.2 Å². The van der Waals surface area contributed by atoms with Crippen LogP contribution >= 0.6 is 0 Å². The van der Waals surface area contributed by atoms with Crippen LogP contribution in [0.1, 0.15) is 5.76 Å². The maximum atomic E-state index is 5.44. The second kappa shape index (κ2) is 4.61. The van der Waals surface area contributed by atoms with Gasteiger partial charge in [-0.2, -0.15) is 4.98 Å². The first-order chi connectivity index (χ1) is 9.26. The molecule has 0 bridgehead atoms. The number of ether oxygens (including phenoxy) is 1. The Kier molecular flexibility index (Phi) is 2.79. The molecule has 2 heterocycles. The molecule has 0 amide bonds. The van der Waals surface area contributed by atoms with Crippen LogP contribution in [-0.2, 0) is 0 Å². The van der Waals surface area contributed by atoms with Crippen LogP contribution in [0.5, 0.6) is 5.75 Å². The van der Waals surface area contributed by atoms with Crippen molar-refractivity contribution < 1.29 is 13.7 Å². The highest BCUT2D eigenvalue weighted by Crippen LogP contribution is 2.25. The van der Waals surface area contributed by atoms with E-state index in [0.717, 1.165) is 17.1 Å². The minimum atomic E-state index is 0.367. The summed E-state index contributed by atoms with van der Waals surface area (Å²) in [6, 6.07) is 11.1. The van der Waals surface area contributed by atoms with Crippen LogP contribution in [-0.4, -0.2) is 17.3 Å². The lowest BCUT2D eigenvalue weighted by Crippen LogP contribution is -1.85. The third kappa shape index (κ3) is 2.22. The summed E-state index contributed by atoms with van der Waals surface area (Å²) in [4.78, 5) is 4.31. The van der Waals surface area contributed by atoms with Gasteiger partial charge in [-0.3, -0.25) is 0 Å². The summed E-state index contributed by atoms with van der Waals surface area (Å²) in [6.45, 7) is 1.86. The van der Waals surface area contributed by atoms with Crippen molar-refractivity contribution in [2.75, 3.05) is 7.11 Å². The summed E-state index contributed by atoms with van der Waals surface area (Å²) < 4.78 is 15.8. The predicted molar refractivity (Wildman–Crippen MR) is 68.7 cm³/mol. The number of hydrogen-bond acceptors (Lipinski definition) is 5.